The summed E-state index contributed by atoms with van der Waals surface area (Å²) in [5.74, 6) is -0.834. The zero-order valence-electron chi connectivity index (χ0n) is 13.7. The molecule has 1 fully saturated rings. The number of carbonyl (C=O) groups excluding carboxylic acids is 1. The molecule has 1 aromatic carbocycles. The van der Waals surface area contributed by atoms with Crippen LogP contribution < -0.4 is 0 Å². The minimum absolute atomic E-state index is 0.0762. The molecule has 0 saturated heterocycles. The fraction of sp³-hybridized carbons (Fsp3) is 0.444. The molecule has 0 bridgehead atoms. The first-order valence-corrected chi connectivity index (χ1v) is 8.66. The van der Waals surface area contributed by atoms with Crippen LogP contribution in [0.5, 0.6) is 0 Å². The van der Waals surface area contributed by atoms with Gasteiger partial charge in [-0.3, -0.25) is 4.79 Å². The summed E-state index contributed by atoms with van der Waals surface area (Å²) in [6, 6.07) is 5.96. The topological polar surface area (TPSA) is 38.1 Å². The van der Waals surface area contributed by atoms with Gasteiger partial charge in [0, 0.05) is 18.1 Å². The number of amides is 1. The highest BCUT2D eigenvalue weighted by Gasteiger charge is 2.43. The molecule has 4 nitrogen and oxygen atoms in total. The van der Waals surface area contributed by atoms with Crippen LogP contribution in [0, 0.1) is 12.9 Å². The van der Waals surface area contributed by atoms with Gasteiger partial charge in [0.05, 0.1) is 11.7 Å². The highest BCUT2D eigenvalue weighted by atomic mass is 35.5. The molecule has 2 aliphatic carbocycles. The van der Waals surface area contributed by atoms with E-state index in [0.717, 1.165) is 35.9 Å². The van der Waals surface area contributed by atoms with Crippen molar-refractivity contribution in [3.63, 3.8) is 0 Å². The molecule has 2 aromatic rings. The van der Waals surface area contributed by atoms with E-state index in [1.54, 1.807) is 6.92 Å². The quantitative estimate of drug-likeness (QED) is 0.846. The van der Waals surface area contributed by atoms with Crippen molar-refractivity contribution < 1.29 is 9.18 Å². The van der Waals surface area contributed by atoms with Crippen molar-refractivity contribution in [1.82, 2.24) is 14.7 Å². The average molecular weight is 348 g/mol. The summed E-state index contributed by atoms with van der Waals surface area (Å²) in [6.45, 7) is 1.68. The number of aromatic nitrogens is 2. The van der Waals surface area contributed by atoms with Gasteiger partial charge in [0.15, 0.2) is 0 Å². The highest BCUT2D eigenvalue weighted by molar-refractivity contribution is 6.31. The fourth-order valence-electron chi connectivity index (χ4n) is 3.80. The van der Waals surface area contributed by atoms with E-state index in [1.807, 2.05) is 17.0 Å². The average Bonchev–Trinajstić information content (AvgIpc) is 3.21. The maximum Gasteiger partial charge on any atom is 0.261 e. The van der Waals surface area contributed by atoms with Crippen LogP contribution in [0.15, 0.2) is 18.2 Å². The molecule has 0 aliphatic heterocycles. The van der Waals surface area contributed by atoms with Crippen molar-refractivity contribution in [3.8, 4) is 0 Å². The molecule has 1 saturated carbocycles. The molecule has 1 atom stereocenters. The third kappa shape index (κ3) is 2.34. The maximum atomic E-state index is 14.4. The van der Waals surface area contributed by atoms with Crippen molar-refractivity contribution in [2.75, 3.05) is 0 Å². The van der Waals surface area contributed by atoms with Gasteiger partial charge in [-0.25, -0.2) is 4.68 Å². The Bertz CT molecular complexity index is 828. The van der Waals surface area contributed by atoms with Gasteiger partial charge in [0.1, 0.15) is 5.56 Å². The van der Waals surface area contributed by atoms with Gasteiger partial charge in [-0.15, -0.1) is 0 Å². The molecule has 2 aliphatic rings. The minimum Gasteiger partial charge on any atom is -0.328 e. The van der Waals surface area contributed by atoms with Gasteiger partial charge in [-0.2, -0.15) is 9.49 Å². The molecule has 1 amide bonds. The molecule has 24 heavy (non-hydrogen) atoms. The monoisotopic (exact) mass is 347 g/mol. The standard InChI is InChI=1S/C18H19ClFN3O/c1-10-15(17(20)22(2)21-10)18(24)23(12-7-8-12)14-9-6-11-4-3-5-13(19)16(11)14/h3-5,12,14H,6-9H2,1-2H3. The number of hydrogen-bond acceptors (Lipinski definition) is 2. The molecule has 0 N–H and O–H groups in total. The number of benzene rings is 1. The van der Waals surface area contributed by atoms with E-state index in [2.05, 4.69) is 11.2 Å². The molecule has 1 aromatic heterocycles. The third-order valence-corrected chi connectivity index (χ3v) is 5.37. The van der Waals surface area contributed by atoms with Crippen LogP contribution in [0.1, 0.15) is 52.5 Å². The van der Waals surface area contributed by atoms with Crippen molar-refractivity contribution in [1.29, 1.82) is 0 Å². The van der Waals surface area contributed by atoms with E-state index in [4.69, 9.17) is 11.6 Å². The summed E-state index contributed by atoms with van der Waals surface area (Å²) in [4.78, 5) is 15.0. The summed E-state index contributed by atoms with van der Waals surface area (Å²) in [5.41, 5.74) is 2.74. The summed E-state index contributed by atoms with van der Waals surface area (Å²) < 4.78 is 15.5. The minimum atomic E-state index is -0.569. The third-order valence-electron chi connectivity index (χ3n) is 5.04. The predicted molar refractivity (Wildman–Crippen MR) is 89.6 cm³/mol. The number of rotatable bonds is 3. The first kappa shape index (κ1) is 15.6. The lowest BCUT2D eigenvalue weighted by Crippen LogP contribution is -2.36. The number of nitrogens with zero attached hydrogens (tertiary/aromatic N) is 3. The molecule has 1 unspecified atom stereocenters. The fourth-order valence-corrected chi connectivity index (χ4v) is 4.12. The second-order valence-corrected chi connectivity index (χ2v) is 7.09. The normalized spacial score (nSPS) is 19.4. The first-order chi connectivity index (χ1) is 11.5. The van der Waals surface area contributed by atoms with Gasteiger partial charge in [-0.1, -0.05) is 23.7 Å². The van der Waals surface area contributed by atoms with Crippen LogP contribution >= 0.6 is 11.6 Å². The van der Waals surface area contributed by atoms with Gasteiger partial charge >= 0.3 is 0 Å². The van der Waals surface area contributed by atoms with E-state index in [-0.39, 0.29) is 23.6 Å². The van der Waals surface area contributed by atoms with Crippen LogP contribution in [0.25, 0.3) is 0 Å². The van der Waals surface area contributed by atoms with Gasteiger partial charge in [0.25, 0.3) is 5.91 Å². The number of fused-ring (bicyclic) bond motifs is 1. The lowest BCUT2D eigenvalue weighted by molar-refractivity contribution is 0.0652. The Labute approximate surface area is 145 Å². The SMILES string of the molecule is Cc1nn(C)c(F)c1C(=O)N(C1CC1)C1CCc2cccc(Cl)c21. The summed E-state index contributed by atoms with van der Waals surface area (Å²) >= 11 is 6.42. The summed E-state index contributed by atoms with van der Waals surface area (Å²) in [5, 5.41) is 4.74. The Kier molecular flexibility index (Phi) is 3.64. The lowest BCUT2D eigenvalue weighted by Gasteiger charge is -2.30. The van der Waals surface area contributed by atoms with E-state index < -0.39 is 5.95 Å². The Morgan fingerprint density at radius 1 is 1.38 bits per heavy atom. The second-order valence-electron chi connectivity index (χ2n) is 6.69. The predicted octanol–water partition coefficient (Wildman–Crippen LogP) is 3.81. The lowest BCUT2D eigenvalue weighted by atomic mass is 10.0. The molecular formula is C18H19ClFN3O. The van der Waals surface area contributed by atoms with E-state index >= 15 is 0 Å². The Hall–Kier alpha value is -1.88. The Balaban J connectivity index is 1.76. The van der Waals surface area contributed by atoms with Crippen LogP contribution in [0.3, 0.4) is 0 Å². The molecule has 1 heterocycles. The maximum absolute atomic E-state index is 14.4. The van der Waals surface area contributed by atoms with E-state index in [1.165, 1.54) is 12.6 Å². The van der Waals surface area contributed by atoms with Gasteiger partial charge < -0.3 is 4.90 Å². The number of carbonyl (C=O) groups is 1. The van der Waals surface area contributed by atoms with Crippen LogP contribution in [-0.2, 0) is 13.5 Å². The summed E-state index contributed by atoms with van der Waals surface area (Å²) in [6.07, 6.45) is 3.65. The summed E-state index contributed by atoms with van der Waals surface area (Å²) in [7, 11) is 1.52. The molecule has 0 radical (unpaired) electrons. The van der Waals surface area contributed by atoms with Crippen LogP contribution in [0.4, 0.5) is 4.39 Å². The second kappa shape index (κ2) is 5.59. The van der Waals surface area contributed by atoms with Gasteiger partial charge in [0.2, 0.25) is 5.95 Å². The van der Waals surface area contributed by atoms with Crippen molar-refractivity contribution >= 4 is 17.5 Å². The van der Waals surface area contributed by atoms with Crippen LogP contribution in [0.2, 0.25) is 5.02 Å². The number of halogens is 2. The number of hydrogen-bond donors (Lipinski definition) is 0. The van der Waals surface area contributed by atoms with E-state index in [9.17, 15) is 9.18 Å². The van der Waals surface area contributed by atoms with Crippen molar-refractivity contribution in [2.24, 2.45) is 7.05 Å². The molecular weight excluding hydrogens is 329 g/mol. The van der Waals surface area contributed by atoms with Gasteiger partial charge in [-0.05, 0) is 49.8 Å². The first-order valence-electron chi connectivity index (χ1n) is 8.28. The molecule has 6 heteroatoms. The Morgan fingerprint density at radius 3 is 2.75 bits per heavy atom. The smallest absolute Gasteiger partial charge is 0.261 e. The van der Waals surface area contributed by atoms with Crippen molar-refractivity contribution in [3.05, 3.63) is 51.6 Å². The van der Waals surface area contributed by atoms with E-state index in [0.29, 0.717) is 10.7 Å². The van der Waals surface area contributed by atoms with Crippen LogP contribution in [-0.4, -0.2) is 26.6 Å². The van der Waals surface area contributed by atoms with Crippen molar-refractivity contribution in [2.45, 2.75) is 44.7 Å². The Morgan fingerprint density at radius 2 is 2.12 bits per heavy atom. The molecule has 0 spiro atoms. The largest absolute Gasteiger partial charge is 0.328 e. The zero-order valence-corrected chi connectivity index (χ0v) is 14.5. The highest BCUT2D eigenvalue weighted by Crippen LogP contribution is 2.45. The number of aryl methyl sites for hydroxylation is 3. The zero-order chi connectivity index (χ0) is 17.0. The molecule has 126 valence electrons. The molecule has 4 rings (SSSR count).